The van der Waals surface area contributed by atoms with Gasteiger partial charge in [-0.15, -0.1) is 0 Å². The van der Waals surface area contributed by atoms with Crippen molar-refractivity contribution in [3.63, 3.8) is 0 Å². The molecule has 0 aromatic heterocycles. The highest BCUT2D eigenvalue weighted by Crippen LogP contribution is 2.49. The second-order valence-corrected chi connectivity index (χ2v) is 11.3. The molecule has 3 aliphatic carbocycles. The van der Waals surface area contributed by atoms with Crippen LogP contribution in [0.25, 0.3) is 0 Å². The second-order valence-electron chi connectivity index (χ2n) is 11.3. The molecule has 29 heavy (non-hydrogen) atoms. The van der Waals surface area contributed by atoms with E-state index in [1.807, 2.05) is 0 Å². The summed E-state index contributed by atoms with van der Waals surface area (Å²) in [6, 6.07) is 0. The third-order valence-electron chi connectivity index (χ3n) is 9.64. The van der Waals surface area contributed by atoms with Crippen molar-refractivity contribution < 1.29 is 5.11 Å². The molecule has 1 heteroatoms. The van der Waals surface area contributed by atoms with E-state index in [1.165, 1.54) is 57.8 Å². The Labute approximate surface area is 182 Å². The molecule has 0 aromatic rings. The van der Waals surface area contributed by atoms with Gasteiger partial charge in [0.15, 0.2) is 0 Å². The summed E-state index contributed by atoms with van der Waals surface area (Å²) in [6.07, 6.45) is 26.3. The summed E-state index contributed by atoms with van der Waals surface area (Å²) in [5, 5.41) is 9.17. The molecule has 0 spiro atoms. The molecule has 3 rings (SSSR count). The van der Waals surface area contributed by atoms with Gasteiger partial charge in [0.25, 0.3) is 0 Å². The van der Waals surface area contributed by atoms with Crippen LogP contribution in [0, 0.1) is 41.4 Å². The lowest BCUT2D eigenvalue weighted by Gasteiger charge is -2.44. The second kappa shape index (κ2) is 12.7. The van der Waals surface area contributed by atoms with Crippen LogP contribution in [0.3, 0.4) is 0 Å². The SMILES string of the molecule is CCCCCC1CCC(C2CCC(C3CCC(CCCO)CC3CC)CC2)CC1. The lowest BCUT2D eigenvalue weighted by Crippen LogP contribution is -2.34. The van der Waals surface area contributed by atoms with Gasteiger partial charge in [-0.3, -0.25) is 0 Å². The van der Waals surface area contributed by atoms with Crippen molar-refractivity contribution in [2.45, 2.75) is 129 Å². The number of unbranched alkanes of at least 4 members (excludes halogenated alkanes) is 2. The zero-order chi connectivity index (χ0) is 20.5. The molecule has 170 valence electrons. The standard InChI is InChI=1S/C28H52O/c1-3-5-6-8-22-10-13-25(14-11-22)26-15-17-27(18-16-26)28-19-12-23(9-7-20-29)21-24(28)4-2/h22-29H,3-21H2,1-2H3. The van der Waals surface area contributed by atoms with E-state index in [2.05, 4.69) is 13.8 Å². The lowest BCUT2D eigenvalue weighted by molar-refractivity contribution is 0.0633. The van der Waals surface area contributed by atoms with Crippen LogP contribution < -0.4 is 0 Å². The van der Waals surface area contributed by atoms with Crippen LogP contribution in [0.15, 0.2) is 0 Å². The van der Waals surface area contributed by atoms with Gasteiger partial charge < -0.3 is 5.11 Å². The summed E-state index contributed by atoms with van der Waals surface area (Å²) in [5.41, 5.74) is 0. The van der Waals surface area contributed by atoms with Crippen LogP contribution in [0.4, 0.5) is 0 Å². The van der Waals surface area contributed by atoms with E-state index in [0.717, 1.165) is 47.8 Å². The summed E-state index contributed by atoms with van der Waals surface area (Å²) >= 11 is 0. The van der Waals surface area contributed by atoms with Crippen molar-refractivity contribution in [1.82, 2.24) is 0 Å². The van der Waals surface area contributed by atoms with Crippen LogP contribution in [-0.4, -0.2) is 11.7 Å². The molecule has 1 nitrogen and oxygen atoms in total. The number of aliphatic hydroxyl groups is 1. The van der Waals surface area contributed by atoms with Gasteiger partial charge in [0.2, 0.25) is 0 Å². The molecule has 0 amide bonds. The molecule has 3 saturated carbocycles. The van der Waals surface area contributed by atoms with E-state index in [4.69, 9.17) is 0 Å². The van der Waals surface area contributed by atoms with Crippen LogP contribution in [0.5, 0.6) is 0 Å². The van der Waals surface area contributed by atoms with Gasteiger partial charge in [0.05, 0.1) is 0 Å². The van der Waals surface area contributed by atoms with Crippen LogP contribution in [-0.2, 0) is 0 Å². The Morgan fingerprint density at radius 1 is 0.621 bits per heavy atom. The highest BCUT2D eigenvalue weighted by molar-refractivity contribution is 4.88. The van der Waals surface area contributed by atoms with Gasteiger partial charge in [-0.1, -0.05) is 65.2 Å². The maximum Gasteiger partial charge on any atom is 0.0431 e. The summed E-state index contributed by atoms with van der Waals surface area (Å²) in [5.74, 6) is 7.18. The number of hydrogen-bond acceptors (Lipinski definition) is 1. The quantitative estimate of drug-likeness (QED) is 0.362. The molecule has 0 aromatic carbocycles. The fourth-order valence-electron chi connectivity index (χ4n) is 7.79. The number of hydrogen-bond donors (Lipinski definition) is 1. The van der Waals surface area contributed by atoms with E-state index in [1.54, 1.807) is 51.4 Å². The first kappa shape index (κ1) is 23.6. The first-order valence-corrected chi connectivity index (χ1v) is 13.9. The van der Waals surface area contributed by atoms with E-state index >= 15 is 0 Å². The molecular weight excluding hydrogens is 352 g/mol. The summed E-state index contributed by atoms with van der Waals surface area (Å²) in [4.78, 5) is 0. The maximum atomic E-state index is 9.17. The topological polar surface area (TPSA) is 20.2 Å². The Bertz CT molecular complexity index is 416. The van der Waals surface area contributed by atoms with Gasteiger partial charge >= 0.3 is 0 Å². The zero-order valence-corrected chi connectivity index (χ0v) is 19.9. The molecule has 3 unspecified atom stereocenters. The summed E-state index contributed by atoms with van der Waals surface area (Å²) in [7, 11) is 0. The van der Waals surface area contributed by atoms with Crippen molar-refractivity contribution in [3.05, 3.63) is 0 Å². The van der Waals surface area contributed by atoms with Gasteiger partial charge in [-0.25, -0.2) is 0 Å². The summed E-state index contributed by atoms with van der Waals surface area (Å²) < 4.78 is 0. The Kier molecular flexibility index (Phi) is 10.4. The van der Waals surface area contributed by atoms with Crippen LogP contribution in [0.1, 0.15) is 129 Å². The van der Waals surface area contributed by atoms with Crippen molar-refractivity contribution in [1.29, 1.82) is 0 Å². The first-order valence-electron chi connectivity index (χ1n) is 13.9. The smallest absolute Gasteiger partial charge is 0.0431 e. The molecule has 0 heterocycles. The minimum absolute atomic E-state index is 0.390. The van der Waals surface area contributed by atoms with E-state index in [0.29, 0.717) is 6.61 Å². The van der Waals surface area contributed by atoms with Crippen molar-refractivity contribution in [2.75, 3.05) is 6.61 Å². The van der Waals surface area contributed by atoms with Gasteiger partial charge in [0.1, 0.15) is 0 Å². The normalized spacial score (nSPS) is 38.8. The van der Waals surface area contributed by atoms with E-state index in [-0.39, 0.29) is 0 Å². The van der Waals surface area contributed by atoms with Crippen LogP contribution in [0.2, 0.25) is 0 Å². The predicted molar refractivity (Wildman–Crippen MR) is 126 cm³/mol. The highest BCUT2D eigenvalue weighted by atomic mass is 16.2. The minimum Gasteiger partial charge on any atom is -0.396 e. The largest absolute Gasteiger partial charge is 0.396 e. The highest BCUT2D eigenvalue weighted by Gasteiger charge is 2.37. The third kappa shape index (κ3) is 6.98. The molecule has 0 radical (unpaired) electrons. The zero-order valence-electron chi connectivity index (χ0n) is 19.9. The van der Waals surface area contributed by atoms with Crippen molar-refractivity contribution >= 4 is 0 Å². The lowest BCUT2D eigenvalue weighted by atomic mass is 9.61. The molecule has 0 bridgehead atoms. The van der Waals surface area contributed by atoms with Crippen molar-refractivity contribution in [3.8, 4) is 0 Å². The van der Waals surface area contributed by atoms with E-state index in [9.17, 15) is 5.11 Å². The van der Waals surface area contributed by atoms with Crippen molar-refractivity contribution in [2.24, 2.45) is 41.4 Å². The first-order chi connectivity index (χ1) is 14.2. The Morgan fingerprint density at radius 3 is 1.83 bits per heavy atom. The molecule has 1 N–H and O–H groups in total. The number of rotatable bonds is 10. The van der Waals surface area contributed by atoms with Crippen LogP contribution >= 0.6 is 0 Å². The fourth-order valence-corrected chi connectivity index (χ4v) is 7.79. The van der Waals surface area contributed by atoms with Gasteiger partial charge in [0, 0.05) is 6.61 Å². The Morgan fingerprint density at radius 2 is 1.21 bits per heavy atom. The predicted octanol–water partition coefficient (Wildman–Crippen LogP) is 8.39. The molecule has 0 aliphatic heterocycles. The Balaban J connectivity index is 1.38. The monoisotopic (exact) mass is 404 g/mol. The molecular formula is C28H52O. The molecule has 3 fully saturated rings. The molecule has 3 atom stereocenters. The summed E-state index contributed by atoms with van der Waals surface area (Å²) in [6.45, 7) is 5.16. The van der Waals surface area contributed by atoms with E-state index < -0.39 is 0 Å². The maximum absolute atomic E-state index is 9.17. The fraction of sp³-hybridized carbons (Fsp3) is 1.00. The Hall–Kier alpha value is -0.0400. The molecule has 0 saturated heterocycles. The average molecular weight is 405 g/mol. The minimum atomic E-state index is 0.390. The average Bonchev–Trinajstić information content (AvgIpc) is 2.78. The third-order valence-corrected chi connectivity index (χ3v) is 9.64. The number of aliphatic hydroxyl groups excluding tert-OH is 1. The molecule has 3 aliphatic rings. The van der Waals surface area contributed by atoms with Gasteiger partial charge in [-0.2, -0.15) is 0 Å². The van der Waals surface area contributed by atoms with Gasteiger partial charge in [-0.05, 0) is 106 Å².